The first kappa shape index (κ1) is 25.3. The van der Waals surface area contributed by atoms with Crippen molar-refractivity contribution in [3.05, 3.63) is 41.3 Å². The van der Waals surface area contributed by atoms with Crippen LogP contribution in [0.3, 0.4) is 0 Å². The van der Waals surface area contributed by atoms with Crippen molar-refractivity contribution in [2.24, 2.45) is 0 Å². The lowest BCUT2D eigenvalue weighted by atomic mass is 9.94. The first-order chi connectivity index (χ1) is 19.9. The highest BCUT2D eigenvalue weighted by atomic mass is 19.1. The summed E-state index contributed by atoms with van der Waals surface area (Å²) in [6, 6.07) is 8.68. The summed E-state index contributed by atoms with van der Waals surface area (Å²) in [5, 5.41) is 12.7. The molecule has 2 aromatic heterocycles. The van der Waals surface area contributed by atoms with Crippen molar-refractivity contribution in [2.75, 3.05) is 37.7 Å². The van der Waals surface area contributed by atoms with Crippen LogP contribution in [0.15, 0.2) is 24.3 Å². The maximum atomic E-state index is 16.7. The van der Waals surface area contributed by atoms with Crippen molar-refractivity contribution in [1.29, 1.82) is 0 Å². The minimum atomic E-state index is -0.847. The Morgan fingerprint density at radius 1 is 1.07 bits per heavy atom. The number of hydrogen-bond acceptors (Lipinski definition) is 7. The fraction of sp³-hybridized carbons (Fsp3) is 0.516. The van der Waals surface area contributed by atoms with Gasteiger partial charge in [0.25, 0.3) is 0 Å². The molecule has 4 aromatic rings. The van der Waals surface area contributed by atoms with Gasteiger partial charge >= 0.3 is 6.01 Å². The van der Waals surface area contributed by atoms with E-state index in [1.54, 1.807) is 0 Å². The van der Waals surface area contributed by atoms with Crippen LogP contribution in [0.4, 0.5) is 14.6 Å². The summed E-state index contributed by atoms with van der Waals surface area (Å²) in [4.78, 5) is 14.1. The predicted molar refractivity (Wildman–Crippen MR) is 155 cm³/mol. The molecule has 2 bridgehead atoms. The molecule has 41 heavy (non-hydrogen) atoms. The number of alkyl halides is 1. The Balaban J connectivity index is 1.25. The molecule has 0 radical (unpaired) electrons. The second-order valence-corrected chi connectivity index (χ2v) is 12.6. The number of rotatable bonds is 5. The molecule has 8 nitrogen and oxygen atoms in total. The van der Waals surface area contributed by atoms with E-state index in [1.165, 1.54) is 0 Å². The summed E-state index contributed by atoms with van der Waals surface area (Å²) in [7, 11) is 0. The Bertz CT molecular complexity index is 1660. The number of fused-ring (bicyclic) bond motifs is 5. The zero-order chi connectivity index (χ0) is 27.9. The van der Waals surface area contributed by atoms with Gasteiger partial charge in [-0.05, 0) is 69.3 Å². The van der Waals surface area contributed by atoms with Gasteiger partial charge in [-0.25, -0.2) is 8.78 Å². The van der Waals surface area contributed by atoms with E-state index in [2.05, 4.69) is 25.3 Å². The van der Waals surface area contributed by atoms with Crippen molar-refractivity contribution < 1.29 is 13.5 Å². The van der Waals surface area contributed by atoms with Crippen molar-refractivity contribution in [1.82, 2.24) is 30.4 Å². The minimum Gasteiger partial charge on any atom is -0.461 e. The maximum absolute atomic E-state index is 16.7. The van der Waals surface area contributed by atoms with Crippen LogP contribution in [0.5, 0.6) is 6.01 Å². The minimum absolute atomic E-state index is 0.160. The number of halogens is 2. The molecule has 4 atom stereocenters. The van der Waals surface area contributed by atoms with Crippen LogP contribution >= 0.6 is 0 Å². The number of H-pyrrole nitrogens is 1. The Morgan fingerprint density at radius 3 is 2.73 bits per heavy atom. The standard InChI is InChI=1S/C31H35F2N7O/c1-17-4-9-24-26(18(2)37-38-24)25(17)22-7-8-23-28(27(22)33)35-30(36-29(23)39-14-20-5-6-21(15-39)34-20)41-16-31-10-3-11-40(31)13-19(32)12-31/h4,7-9,19-21,34H,3,5-6,10-16H2,1-2H3,(H,37,38)/t19-,20?,21?,31+/m1/s1. The summed E-state index contributed by atoms with van der Waals surface area (Å²) in [6.07, 6.45) is 3.78. The summed E-state index contributed by atoms with van der Waals surface area (Å²) in [5.74, 6) is 0.314. The molecule has 0 aliphatic carbocycles. The maximum Gasteiger partial charge on any atom is 0.319 e. The molecule has 2 unspecified atom stereocenters. The van der Waals surface area contributed by atoms with Gasteiger partial charge in [0.2, 0.25) is 0 Å². The topological polar surface area (TPSA) is 82.2 Å². The Morgan fingerprint density at radius 2 is 1.90 bits per heavy atom. The highest BCUT2D eigenvalue weighted by Crippen LogP contribution is 2.42. The molecule has 0 spiro atoms. The van der Waals surface area contributed by atoms with Gasteiger partial charge in [0.1, 0.15) is 24.1 Å². The molecule has 6 heterocycles. The number of anilines is 1. The Kier molecular flexibility index (Phi) is 5.76. The molecule has 0 amide bonds. The molecule has 0 saturated carbocycles. The first-order valence-electron chi connectivity index (χ1n) is 14.9. The fourth-order valence-corrected chi connectivity index (χ4v) is 7.96. The molecule has 4 saturated heterocycles. The van der Waals surface area contributed by atoms with Crippen LogP contribution in [0.2, 0.25) is 0 Å². The van der Waals surface area contributed by atoms with Gasteiger partial charge in [-0.15, -0.1) is 0 Å². The number of benzene rings is 2. The van der Waals surface area contributed by atoms with Crippen LogP contribution in [-0.2, 0) is 0 Å². The molecular weight excluding hydrogens is 524 g/mol. The molecule has 4 aliphatic rings. The molecule has 4 aliphatic heterocycles. The van der Waals surface area contributed by atoms with Crippen molar-refractivity contribution in [2.45, 2.75) is 69.7 Å². The number of ether oxygens (including phenoxy) is 1. The monoisotopic (exact) mass is 559 g/mol. The largest absolute Gasteiger partial charge is 0.461 e. The quantitative estimate of drug-likeness (QED) is 0.363. The second kappa shape index (κ2) is 9.32. The van der Waals surface area contributed by atoms with Crippen molar-refractivity contribution in [3.63, 3.8) is 0 Å². The number of aromatic amines is 1. The molecule has 2 N–H and O–H groups in total. The van der Waals surface area contributed by atoms with Crippen LogP contribution < -0.4 is 15.0 Å². The van der Waals surface area contributed by atoms with Gasteiger partial charge in [-0.1, -0.05) is 12.1 Å². The van der Waals surface area contributed by atoms with E-state index in [9.17, 15) is 4.39 Å². The smallest absolute Gasteiger partial charge is 0.319 e. The van der Waals surface area contributed by atoms with Crippen LogP contribution in [0.1, 0.15) is 43.4 Å². The zero-order valence-electron chi connectivity index (χ0n) is 23.5. The average Bonchev–Trinajstić information content (AvgIpc) is 3.70. The number of aryl methyl sites for hydroxylation is 2. The van der Waals surface area contributed by atoms with Crippen LogP contribution in [0, 0.1) is 19.7 Å². The first-order valence-corrected chi connectivity index (χ1v) is 14.9. The third kappa shape index (κ3) is 4.01. The van der Waals surface area contributed by atoms with Gasteiger partial charge in [0, 0.05) is 60.2 Å². The summed E-state index contributed by atoms with van der Waals surface area (Å²) in [6.45, 7) is 7.20. The average molecular weight is 560 g/mol. The van der Waals surface area contributed by atoms with E-state index >= 15 is 4.39 Å². The van der Waals surface area contributed by atoms with E-state index in [4.69, 9.17) is 14.7 Å². The van der Waals surface area contributed by atoms with Gasteiger partial charge in [-0.3, -0.25) is 10.00 Å². The number of piperazine rings is 1. The molecule has 8 rings (SSSR count). The molecule has 2 aromatic carbocycles. The van der Waals surface area contributed by atoms with Crippen molar-refractivity contribution in [3.8, 4) is 17.1 Å². The lowest BCUT2D eigenvalue weighted by Gasteiger charge is -2.34. The van der Waals surface area contributed by atoms with E-state index < -0.39 is 12.0 Å². The second-order valence-electron chi connectivity index (χ2n) is 12.6. The van der Waals surface area contributed by atoms with Crippen molar-refractivity contribution >= 4 is 27.6 Å². The highest BCUT2D eigenvalue weighted by Gasteiger charge is 2.49. The van der Waals surface area contributed by atoms with Crippen LogP contribution in [-0.4, -0.2) is 81.6 Å². The molecular formula is C31H35F2N7O. The SMILES string of the molecule is Cc1ccc2n[nH]c(C)c2c1-c1ccc2c(N3CC4CCC(C3)N4)nc(OC[C@@]34CCCN3C[C@H](F)C4)nc2c1F. The fourth-order valence-electron chi connectivity index (χ4n) is 7.96. The number of hydrogen-bond donors (Lipinski definition) is 2. The van der Waals surface area contributed by atoms with Gasteiger partial charge in [-0.2, -0.15) is 15.1 Å². The van der Waals surface area contributed by atoms with E-state index in [-0.39, 0.29) is 17.1 Å². The van der Waals surface area contributed by atoms with E-state index in [0.29, 0.717) is 48.4 Å². The highest BCUT2D eigenvalue weighted by molar-refractivity contribution is 6.01. The van der Waals surface area contributed by atoms with E-state index in [1.807, 2.05) is 38.1 Å². The molecule has 214 valence electrons. The zero-order valence-corrected chi connectivity index (χ0v) is 23.5. The number of nitrogens with one attached hydrogen (secondary N) is 2. The summed E-state index contributed by atoms with van der Waals surface area (Å²) >= 11 is 0. The van der Waals surface area contributed by atoms with Gasteiger partial charge < -0.3 is 15.0 Å². The molecule has 4 fully saturated rings. The van der Waals surface area contributed by atoms with Gasteiger partial charge in [0.05, 0.1) is 11.1 Å². The summed E-state index contributed by atoms with van der Waals surface area (Å²) < 4.78 is 37.5. The lowest BCUT2D eigenvalue weighted by molar-refractivity contribution is 0.107. The Hall–Kier alpha value is -3.37. The van der Waals surface area contributed by atoms with E-state index in [0.717, 1.165) is 73.0 Å². The van der Waals surface area contributed by atoms with Crippen LogP contribution in [0.25, 0.3) is 32.9 Å². The third-order valence-corrected chi connectivity index (χ3v) is 9.89. The normalized spacial score (nSPS) is 27.8. The third-order valence-electron chi connectivity index (χ3n) is 9.89. The lowest BCUT2D eigenvalue weighted by Crippen LogP contribution is -2.51. The number of aromatic nitrogens is 4. The molecule has 10 heteroatoms. The van der Waals surface area contributed by atoms with Gasteiger partial charge in [0.15, 0.2) is 5.82 Å². The summed E-state index contributed by atoms with van der Waals surface area (Å²) in [5.41, 5.74) is 3.88. The number of nitrogens with zero attached hydrogens (tertiary/aromatic N) is 5. The Labute approximate surface area is 237 Å². The predicted octanol–water partition coefficient (Wildman–Crippen LogP) is 4.82.